The summed E-state index contributed by atoms with van der Waals surface area (Å²) in [6.45, 7) is 6.82. The largest absolute Gasteiger partial charge is 0.393 e. The maximum absolute atomic E-state index is 11.4. The number of hydrogen-bond donors (Lipinski definition) is 0. The Hall–Kier alpha value is -0.590. The van der Waals surface area contributed by atoms with Crippen molar-refractivity contribution in [2.75, 3.05) is 19.0 Å². The molecule has 0 radical (unpaired) electrons. The summed E-state index contributed by atoms with van der Waals surface area (Å²) in [7, 11) is 0. The van der Waals surface area contributed by atoms with Crippen LogP contribution in [0.2, 0.25) is 0 Å². The number of esters is 2. The van der Waals surface area contributed by atoms with Gasteiger partial charge in [0.25, 0.3) is 0 Å². The van der Waals surface area contributed by atoms with E-state index in [0.29, 0.717) is 19.6 Å². The van der Waals surface area contributed by atoms with Crippen molar-refractivity contribution in [3.8, 4) is 0 Å². The molecular formula is C12H21O5S+. The van der Waals surface area contributed by atoms with Crippen molar-refractivity contribution in [2.24, 2.45) is 11.8 Å². The van der Waals surface area contributed by atoms with Crippen molar-refractivity contribution < 1.29 is 22.7 Å². The Kier molecular flexibility index (Phi) is 6.67. The Bertz CT molecular complexity index is 288. The molecule has 1 rings (SSSR count). The Balaban J connectivity index is 2.31. The van der Waals surface area contributed by atoms with E-state index < -0.39 is 17.4 Å². The van der Waals surface area contributed by atoms with E-state index >= 15 is 0 Å². The molecule has 0 aromatic rings. The minimum atomic E-state index is -0.493. The molecule has 0 bridgehead atoms. The molecule has 0 aliphatic carbocycles. The van der Waals surface area contributed by atoms with E-state index in [0.717, 1.165) is 12.2 Å². The standard InChI is InChI=1S/C12H21O5S/c1-4-15-18(16-5-2)8-6-7-10-9(3)11(13)17-12(10)14/h9-10H,4-8H2,1-3H3/q+1. The van der Waals surface area contributed by atoms with Crippen molar-refractivity contribution in [2.45, 2.75) is 33.6 Å². The molecule has 104 valence electrons. The zero-order valence-corrected chi connectivity index (χ0v) is 12.0. The lowest BCUT2D eigenvalue weighted by Crippen LogP contribution is -2.19. The average Bonchev–Trinajstić information content (AvgIpc) is 2.56. The maximum Gasteiger partial charge on any atom is 0.317 e. The van der Waals surface area contributed by atoms with Gasteiger partial charge in [-0.15, -0.1) is 8.37 Å². The minimum absolute atomic E-state index is 0.300. The first-order valence-corrected chi connectivity index (χ1v) is 7.57. The molecule has 0 N–H and O–H groups in total. The maximum atomic E-state index is 11.4. The van der Waals surface area contributed by atoms with Gasteiger partial charge in [0.1, 0.15) is 13.2 Å². The van der Waals surface area contributed by atoms with Crippen molar-refractivity contribution in [1.29, 1.82) is 0 Å². The van der Waals surface area contributed by atoms with E-state index in [1.165, 1.54) is 0 Å². The molecule has 0 spiro atoms. The SMILES string of the molecule is CCO[S+](CCCC1C(=O)OC(=O)C1C)OCC. The van der Waals surface area contributed by atoms with Gasteiger partial charge in [0.2, 0.25) is 0 Å². The summed E-state index contributed by atoms with van der Waals surface area (Å²) >= 11 is -0.493. The molecule has 0 saturated carbocycles. The van der Waals surface area contributed by atoms with Crippen molar-refractivity contribution in [3.63, 3.8) is 0 Å². The fourth-order valence-electron chi connectivity index (χ4n) is 1.84. The van der Waals surface area contributed by atoms with Crippen molar-refractivity contribution >= 4 is 23.4 Å². The van der Waals surface area contributed by atoms with Gasteiger partial charge in [0, 0.05) is 0 Å². The van der Waals surface area contributed by atoms with E-state index in [9.17, 15) is 9.59 Å². The van der Waals surface area contributed by atoms with E-state index in [1.54, 1.807) is 6.92 Å². The average molecular weight is 277 g/mol. The van der Waals surface area contributed by atoms with Crippen LogP contribution in [-0.4, -0.2) is 30.9 Å². The summed E-state index contributed by atoms with van der Waals surface area (Å²) in [5.74, 6) is -0.657. The highest BCUT2D eigenvalue weighted by atomic mass is 32.2. The van der Waals surface area contributed by atoms with Crippen LogP contribution in [0, 0.1) is 11.8 Å². The van der Waals surface area contributed by atoms with Crippen LogP contribution in [0.1, 0.15) is 33.6 Å². The lowest BCUT2D eigenvalue weighted by atomic mass is 9.93. The van der Waals surface area contributed by atoms with Crippen LogP contribution in [0.25, 0.3) is 0 Å². The minimum Gasteiger partial charge on any atom is -0.393 e. The van der Waals surface area contributed by atoms with Crippen LogP contribution in [-0.2, 0) is 34.1 Å². The molecule has 0 aromatic heterocycles. The zero-order valence-electron chi connectivity index (χ0n) is 11.1. The summed E-state index contributed by atoms with van der Waals surface area (Å²) in [4.78, 5) is 22.6. The third kappa shape index (κ3) is 4.26. The van der Waals surface area contributed by atoms with Gasteiger partial charge in [-0.25, -0.2) is 0 Å². The molecule has 1 aliphatic rings. The fourth-order valence-corrected chi connectivity index (χ4v) is 3.07. The fraction of sp³-hybridized carbons (Fsp3) is 0.833. The molecule has 2 atom stereocenters. The molecule has 1 fully saturated rings. The second-order valence-electron chi connectivity index (χ2n) is 4.10. The molecule has 1 aliphatic heterocycles. The Morgan fingerprint density at radius 1 is 1.17 bits per heavy atom. The van der Waals surface area contributed by atoms with Crippen molar-refractivity contribution in [1.82, 2.24) is 0 Å². The van der Waals surface area contributed by atoms with Gasteiger partial charge in [-0.1, -0.05) is 6.92 Å². The highest BCUT2D eigenvalue weighted by Gasteiger charge is 2.41. The van der Waals surface area contributed by atoms with Crippen LogP contribution in [0.4, 0.5) is 0 Å². The highest BCUT2D eigenvalue weighted by molar-refractivity contribution is 7.87. The van der Waals surface area contributed by atoms with Crippen LogP contribution < -0.4 is 0 Å². The predicted octanol–water partition coefficient (Wildman–Crippen LogP) is 1.62. The molecule has 6 heteroatoms. The lowest BCUT2D eigenvalue weighted by Gasteiger charge is -2.08. The predicted molar refractivity (Wildman–Crippen MR) is 68.5 cm³/mol. The lowest BCUT2D eigenvalue weighted by molar-refractivity contribution is -0.153. The van der Waals surface area contributed by atoms with Crippen LogP contribution in [0.5, 0.6) is 0 Å². The van der Waals surface area contributed by atoms with Gasteiger partial charge in [0.05, 0.1) is 11.8 Å². The molecule has 0 aromatic carbocycles. The molecule has 5 nitrogen and oxygen atoms in total. The van der Waals surface area contributed by atoms with E-state index in [-0.39, 0.29) is 17.8 Å². The smallest absolute Gasteiger partial charge is 0.317 e. The summed E-state index contributed by atoms with van der Waals surface area (Å²) in [6.07, 6.45) is 1.44. The third-order valence-corrected chi connectivity index (χ3v) is 4.42. The molecule has 1 saturated heterocycles. The highest BCUT2D eigenvalue weighted by Crippen LogP contribution is 2.27. The normalized spacial score (nSPS) is 23.8. The van der Waals surface area contributed by atoms with Gasteiger partial charge in [0.15, 0.2) is 5.75 Å². The summed E-state index contributed by atoms with van der Waals surface area (Å²) in [6, 6.07) is 0. The van der Waals surface area contributed by atoms with Gasteiger partial charge in [-0.2, -0.15) is 0 Å². The zero-order chi connectivity index (χ0) is 13.5. The summed E-state index contributed by atoms with van der Waals surface area (Å²) < 4.78 is 15.5. The third-order valence-electron chi connectivity index (χ3n) is 2.80. The molecule has 0 amide bonds. The van der Waals surface area contributed by atoms with Gasteiger partial charge >= 0.3 is 23.4 Å². The molecule has 1 heterocycles. The van der Waals surface area contributed by atoms with E-state index in [2.05, 4.69) is 4.74 Å². The number of hydrogen-bond acceptors (Lipinski definition) is 5. The Morgan fingerprint density at radius 3 is 2.22 bits per heavy atom. The summed E-state index contributed by atoms with van der Waals surface area (Å²) in [5, 5.41) is 0. The number of ether oxygens (including phenoxy) is 1. The Labute approximate surface area is 111 Å². The van der Waals surface area contributed by atoms with Crippen molar-refractivity contribution in [3.05, 3.63) is 0 Å². The number of rotatable bonds is 8. The molecular weight excluding hydrogens is 256 g/mol. The van der Waals surface area contributed by atoms with E-state index in [1.807, 2.05) is 13.8 Å². The van der Waals surface area contributed by atoms with Gasteiger partial charge in [-0.05, 0) is 26.7 Å². The Morgan fingerprint density at radius 2 is 1.78 bits per heavy atom. The topological polar surface area (TPSA) is 61.8 Å². The quantitative estimate of drug-likeness (QED) is 0.383. The van der Waals surface area contributed by atoms with E-state index in [4.69, 9.17) is 8.37 Å². The summed E-state index contributed by atoms with van der Waals surface area (Å²) in [5.41, 5.74) is 0. The number of cyclic esters (lactones) is 2. The molecule has 18 heavy (non-hydrogen) atoms. The molecule has 2 unspecified atom stereocenters. The first-order chi connectivity index (χ1) is 8.60. The monoisotopic (exact) mass is 277 g/mol. The van der Waals surface area contributed by atoms with Crippen LogP contribution in [0.15, 0.2) is 0 Å². The number of carbonyl (C=O) groups excluding carboxylic acids is 2. The second-order valence-corrected chi connectivity index (χ2v) is 5.59. The van der Waals surface area contributed by atoms with Crippen LogP contribution >= 0.6 is 0 Å². The number of carbonyl (C=O) groups is 2. The van der Waals surface area contributed by atoms with Gasteiger partial charge < -0.3 is 4.74 Å². The first-order valence-electron chi connectivity index (χ1n) is 6.33. The first kappa shape index (κ1) is 15.5. The van der Waals surface area contributed by atoms with Gasteiger partial charge in [-0.3, -0.25) is 9.59 Å². The second kappa shape index (κ2) is 7.76. The van der Waals surface area contributed by atoms with Crippen LogP contribution in [0.3, 0.4) is 0 Å².